The summed E-state index contributed by atoms with van der Waals surface area (Å²) in [7, 11) is 0. The highest BCUT2D eigenvalue weighted by Gasteiger charge is 2.30. The molecule has 0 radical (unpaired) electrons. The van der Waals surface area contributed by atoms with Crippen LogP contribution in [0.15, 0.2) is 0 Å². The second kappa shape index (κ2) is 6.15. The maximum atomic E-state index is 11.1. The van der Waals surface area contributed by atoms with E-state index in [9.17, 15) is 20.1 Å². The number of ether oxygens (including phenoxy) is 1. The van der Waals surface area contributed by atoms with Gasteiger partial charge in [-0.05, 0) is 6.92 Å². The van der Waals surface area contributed by atoms with Gasteiger partial charge in [0.05, 0.1) is 31.3 Å². The number of carbonyl (C=O) groups excluding carboxylic acids is 1. The minimum Gasteiger partial charge on any atom is -0.466 e. The van der Waals surface area contributed by atoms with Gasteiger partial charge in [0.1, 0.15) is 0 Å². The fourth-order valence-electron chi connectivity index (χ4n) is 1.77. The highest BCUT2D eigenvalue weighted by Crippen LogP contribution is 2.11. The molecule has 3 atom stereocenters. The van der Waals surface area contributed by atoms with E-state index < -0.39 is 24.3 Å². The van der Waals surface area contributed by atoms with E-state index in [1.54, 1.807) is 11.8 Å². The van der Waals surface area contributed by atoms with E-state index >= 15 is 0 Å². The first-order chi connectivity index (χ1) is 7.52. The van der Waals surface area contributed by atoms with E-state index in [-0.39, 0.29) is 13.0 Å². The van der Waals surface area contributed by atoms with Crippen molar-refractivity contribution >= 4 is 5.97 Å². The molecule has 0 spiro atoms. The van der Waals surface area contributed by atoms with Crippen LogP contribution in [0.25, 0.3) is 0 Å². The number of aliphatic hydroxyl groups is 3. The molecule has 94 valence electrons. The molecule has 0 aromatic carbocycles. The molecule has 1 aliphatic rings. The number of hydrogen-bond acceptors (Lipinski definition) is 6. The molecular formula is C10H19NO5. The maximum Gasteiger partial charge on any atom is 0.308 e. The smallest absolute Gasteiger partial charge is 0.308 e. The second-order valence-electron chi connectivity index (χ2n) is 4.02. The van der Waals surface area contributed by atoms with Crippen molar-refractivity contribution < 1.29 is 24.9 Å². The van der Waals surface area contributed by atoms with Gasteiger partial charge in [0.25, 0.3) is 0 Å². The van der Waals surface area contributed by atoms with Crippen LogP contribution < -0.4 is 0 Å². The van der Waals surface area contributed by atoms with Gasteiger partial charge in [-0.3, -0.25) is 9.69 Å². The summed E-state index contributed by atoms with van der Waals surface area (Å²) < 4.78 is 4.70. The lowest BCUT2D eigenvalue weighted by molar-refractivity contribution is -0.145. The lowest BCUT2D eigenvalue weighted by atomic mass is 10.2. The summed E-state index contributed by atoms with van der Waals surface area (Å²) in [6.07, 6.45) is -2.42. The van der Waals surface area contributed by atoms with E-state index in [0.29, 0.717) is 19.7 Å². The van der Waals surface area contributed by atoms with Crippen molar-refractivity contribution in [1.29, 1.82) is 0 Å². The van der Waals surface area contributed by atoms with Gasteiger partial charge in [-0.1, -0.05) is 0 Å². The van der Waals surface area contributed by atoms with Gasteiger partial charge in [-0.2, -0.15) is 0 Å². The molecule has 1 fully saturated rings. The molecule has 0 aromatic rings. The topological polar surface area (TPSA) is 90.2 Å². The first kappa shape index (κ1) is 13.4. The molecule has 6 nitrogen and oxygen atoms in total. The summed E-state index contributed by atoms with van der Waals surface area (Å²) in [6, 6.07) is 0. The van der Waals surface area contributed by atoms with Crippen LogP contribution in [-0.2, 0) is 9.53 Å². The first-order valence-corrected chi connectivity index (χ1v) is 5.45. The maximum absolute atomic E-state index is 11.1. The van der Waals surface area contributed by atoms with Crippen LogP contribution in [0.5, 0.6) is 0 Å². The van der Waals surface area contributed by atoms with Crippen LogP contribution in [0.3, 0.4) is 0 Å². The molecule has 0 aliphatic carbocycles. The Balaban J connectivity index is 2.24. The van der Waals surface area contributed by atoms with Crippen molar-refractivity contribution in [2.24, 2.45) is 0 Å². The van der Waals surface area contributed by atoms with Gasteiger partial charge in [0.2, 0.25) is 0 Å². The van der Waals surface area contributed by atoms with Gasteiger partial charge in [0.15, 0.2) is 0 Å². The van der Waals surface area contributed by atoms with Crippen molar-refractivity contribution in [2.75, 3.05) is 26.2 Å². The quantitative estimate of drug-likeness (QED) is 0.492. The Morgan fingerprint density at radius 1 is 1.44 bits per heavy atom. The molecule has 1 saturated heterocycles. The standard InChI is InChI=1S/C10H19NO5/c1-2-16-10(15)3-7(12)4-11-5-8(13)9(14)6-11/h7-9,12-14H,2-6H2,1H3. The third kappa shape index (κ3) is 4.05. The number of nitrogens with zero attached hydrogens (tertiary/aromatic N) is 1. The van der Waals surface area contributed by atoms with E-state index in [1.807, 2.05) is 0 Å². The van der Waals surface area contributed by atoms with Crippen molar-refractivity contribution in [3.63, 3.8) is 0 Å². The lowest BCUT2D eigenvalue weighted by Crippen LogP contribution is -2.33. The SMILES string of the molecule is CCOC(=O)CC(O)CN1CC(O)C(O)C1. The normalized spacial score (nSPS) is 28.0. The van der Waals surface area contributed by atoms with Crippen LogP contribution in [-0.4, -0.2) is 70.7 Å². The third-order valence-electron chi connectivity index (χ3n) is 2.51. The number of rotatable bonds is 5. The Hall–Kier alpha value is -0.690. The monoisotopic (exact) mass is 233 g/mol. The van der Waals surface area contributed by atoms with Gasteiger partial charge in [-0.25, -0.2) is 0 Å². The molecule has 3 N–H and O–H groups in total. The zero-order valence-corrected chi connectivity index (χ0v) is 9.37. The molecule has 6 heteroatoms. The molecule has 0 amide bonds. The molecule has 1 heterocycles. The van der Waals surface area contributed by atoms with Crippen LogP contribution in [0.2, 0.25) is 0 Å². The van der Waals surface area contributed by atoms with Crippen molar-refractivity contribution in [3.8, 4) is 0 Å². The number of likely N-dealkylation sites (tertiary alicyclic amines) is 1. The highest BCUT2D eigenvalue weighted by atomic mass is 16.5. The van der Waals surface area contributed by atoms with Crippen LogP contribution in [0.4, 0.5) is 0 Å². The Bertz CT molecular complexity index is 225. The summed E-state index contributed by atoms with van der Waals surface area (Å²) in [5.74, 6) is -0.435. The zero-order chi connectivity index (χ0) is 12.1. The molecule has 1 aliphatic heterocycles. The summed E-state index contributed by atoms with van der Waals surface area (Å²) in [6.45, 7) is 2.90. The molecule has 3 unspecified atom stereocenters. The van der Waals surface area contributed by atoms with E-state index in [4.69, 9.17) is 4.74 Å². The van der Waals surface area contributed by atoms with Gasteiger partial charge >= 0.3 is 5.97 Å². The van der Waals surface area contributed by atoms with Gasteiger partial charge in [0, 0.05) is 19.6 Å². The minimum atomic E-state index is -0.823. The molecular weight excluding hydrogens is 214 g/mol. The fraction of sp³-hybridized carbons (Fsp3) is 0.900. The van der Waals surface area contributed by atoms with E-state index in [0.717, 1.165) is 0 Å². The Labute approximate surface area is 94.4 Å². The van der Waals surface area contributed by atoms with Crippen molar-refractivity contribution in [1.82, 2.24) is 4.90 Å². The first-order valence-electron chi connectivity index (χ1n) is 5.45. The largest absolute Gasteiger partial charge is 0.466 e. The average Bonchev–Trinajstić information content (AvgIpc) is 2.45. The second-order valence-corrected chi connectivity index (χ2v) is 4.02. The number of aliphatic hydroxyl groups excluding tert-OH is 3. The van der Waals surface area contributed by atoms with Crippen molar-refractivity contribution in [2.45, 2.75) is 31.7 Å². The summed E-state index contributed by atoms with van der Waals surface area (Å²) in [5.41, 5.74) is 0. The number of hydrogen-bond donors (Lipinski definition) is 3. The number of esters is 1. The Kier molecular flexibility index (Phi) is 5.14. The summed E-state index contributed by atoms with van der Waals surface area (Å²) in [4.78, 5) is 12.8. The molecule has 16 heavy (non-hydrogen) atoms. The van der Waals surface area contributed by atoms with Gasteiger partial charge in [-0.15, -0.1) is 0 Å². The van der Waals surface area contributed by atoms with Crippen LogP contribution in [0.1, 0.15) is 13.3 Å². The average molecular weight is 233 g/mol. The highest BCUT2D eigenvalue weighted by molar-refractivity contribution is 5.69. The Morgan fingerprint density at radius 2 is 2.00 bits per heavy atom. The lowest BCUT2D eigenvalue weighted by Gasteiger charge is -2.18. The predicted molar refractivity (Wildman–Crippen MR) is 55.7 cm³/mol. The number of carbonyl (C=O) groups is 1. The fourth-order valence-corrected chi connectivity index (χ4v) is 1.77. The van der Waals surface area contributed by atoms with E-state index in [2.05, 4.69) is 0 Å². The third-order valence-corrected chi connectivity index (χ3v) is 2.51. The van der Waals surface area contributed by atoms with Crippen LogP contribution in [0, 0.1) is 0 Å². The zero-order valence-electron chi connectivity index (χ0n) is 9.37. The molecule has 0 saturated carbocycles. The van der Waals surface area contributed by atoms with E-state index in [1.165, 1.54) is 0 Å². The Morgan fingerprint density at radius 3 is 2.50 bits per heavy atom. The van der Waals surface area contributed by atoms with Crippen molar-refractivity contribution in [3.05, 3.63) is 0 Å². The molecule has 0 aromatic heterocycles. The minimum absolute atomic E-state index is 0.0590. The predicted octanol–water partition coefficient (Wildman–Crippen LogP) is -1.66. The summed E-state index contributed by atoms with van der Waals surface area (Å²) >= 11 is 0. The van der Waals surface area contributed by atoms with Gasteiger partial charge < -0.3 is 20.1 Å². The number of β-amino-alcohol motifs (C(OH)–C–C–N with tert-alkyl or cyclic N) is 3. The van der Waals surface area contributed by atoms with Crippen LogP contribution >= 0.6 is 0 Å². The molecule has 1 rings (SSSR count). The summed E-state index contributed by atoms with van der Waals surface area (Å²) in [5, 5.41) is 28.1. The molecule has 0 bridgehead atoms.